The second kappa shape index (κ2) is 9.58. The summed E-state index contributed by atoms with van der Waals surface area (Å²) >= 11 is 0. The van der Waals surface area contributed by atoms with Gasteiger partial charge >= 0.3 is 5.97 Å². The molecule has 0 radical (unpaired) electrons. The Morgan fingerprint density at radius 1 is 0.969 bits per heavy atom. The van der Waals surface area contributed by atoms with Gasteiger partial charge in [-0.3, -0.25) is 9.59 Å². The maximum absolute atomic E-state index is 13.3. The lowest BCUT2D eigenvalue weighted by Crippen LogP contribution is -2.49. The Bertz CT molecular complexity index is 1090. The van der Waals surface area contributed by atoms with E-state index in [9.17, 15) is 18.0 Å². The molecule has 2 heterocycles. The Hall–Kier alpha value is -2.45. The molecule has 0 aromatic heterocycles. The first kappa shape index (κ1) is 22.7. The summed E-state index contributed by atoms with van der Waals surface area (Å²) in [5.41, 5.74) is 0. The number of esters is 1. The number of rotatable bonds is 5. The Morgan fingerprint density at radius 3 is 2.41 bits per heavy atom. The third kappa shape index (κ3) is 4.66. The van der Waals surface area contributed by atoms with Crippen molar-refractivity contribution in [2.45, 2.75) is 37.5 Å². The lowest BCUT2D eigenvalue weighted by molar-refractivity contribution is -0.152. The van der Waals surface area contributed by atoms with Gasteiger partial charge in [0.1, 0.15) is 0 Å². The summed E-state index contributed by atoms with van der Waals surface area (Å²) in [5.74, 6) is -0.705. The van der Waals surface area contributed by atoms with Crippen LogP contribution in [0.4, 0.5) is 0 Å². The van der Waals surface area contributed by atoms with Gasteiger partial charge in [0, 0.05) is 26.2 Å². The quantitative estimate of drug-likeness (QED) is 0.643. The first-order valence-corrected chi connectivity index (χ1v) is 12.8. The standard InChI is InChI=1S/C24H30N2O5S/c1-2-31-24(28)19-11-14-25(15-12-19)23(27)21-8-5-13-26(17-21)32(29,30)22-10-9-18-6-3-4-7-20(18)16-22/h3-4,6-7,9-10,16,19,21H,2,5,8,11-15,17H2,1H3/t21-/m0/s1. The van der Waals surface area contributed by atoms with E-state index in [2.05, 4.69) is 0 Å². The highest BCUT2D eigenvalue weighted by molar-refractivity contribution is 7.89. The second-order valence-corrected chi connectivity index (χ2v) is 10.5. The predicted octanol–water partition coefficient (Wildman–Crippen LogP) is 3.04. The van der Waals surface area contributed by atoms with Crippen LogP contribution in [-0.2, 0) is 24.3 Å². The molecule has 1 amide bonds. The number of nitrogens with zero attached hydrogens (tertiary/aromatic N) is 2. The fraction of sp³-hybridized carbons (Fsp3) is 0.500. The highest BCUT2D eigenvalue weighted by Crippen LogP contribution is 2.28. The van der Waals surface area contributed by atoms with E-state index in [0.29, 0.717) is 51.9 Å². The number of sulfonamides is 1. The lowest BCUT2D eigenvalue weighted by Gasteiger charge is -2.37. The summed E-state index contributed by atoms with van der Waals surface area (Å²) in [4.78, 5) is 27.1. The SMILES string of the molecule is CCOC(=O)C1CCN(C(=O)[C@H]2CCCN(S(=O)(=O)c3ccc4ccccc4c3)C2)CC1. The van der Waals surface area contributed by atoms with Crippen molar-refractivity contribution >= 4 is 32.7 Å². The number of fused-ring (bicyclic) bond motifs is 1. The number of hydrogen-bond donors (Lipinski definition) is 0. The van der Waals surface area contributed by atoms with Crippen LogP contribution in [0, 0.1) is 11.8 Å². The molecule has 32 heavy (non-hydrogen) atoms. The maximum atomic E-state index is 13.3. The van der Waals surface area contributed by atoms with E-state index in [1.807, 2.05) is 30.3 Å². The zero-order chi connectivity index (χ0) is 22.7. The largest absolute Gasteiger partial charge is 0.466 e. The number of likely N-dealkylation sites (tertiary alicyclic amines) is 1. The highest BCUT2D eigenvalue weighted by atomic mass is 32.2. The average Bonchev–Trinajstić information content (AvgIpc) is 2.83. The van der Waals surface area contributed by atoms with Gasteiger partial charge in [-0.2, -0.15) is 4.31 Å². The molecule has 0 aliphatic carbocycles. The van der Waals surface area contributed by atoms with Gasteiger partial charge in [0.05, 0.1) is 23.3 Å². The van der Waals surface area contributed by atoms with Gasteiger partial charge in [-0.1, -0.05) is 30.3 Å². The highest BCUT2D eigenvalue weighted by Gasteiger charge is 2.37. The predicted molar refractivity (Wildman–Crippen MR) is 121 cm³/mol. The number of amides is 1. The van der Waals surface area contributed by atoms with Gasteiger partial charge in [0.15, 0.2) is 0 Å². The van der Waals surface area contributed by atoms with Gasteiger partial charge < -0.3 is 9.64 Å². The molecule has 2 aromatic rings. The van der Waals surface area contributed by atoms with Crippen LogP contribution in [0.2, 0.25) is 0 Å². The van der Waals surface area contributed by atoms with E-state index in [1.54, 1.807) is 24.0 Å². The van der Waals surface area contributed by atoms with Crippen LogP contribution < -0.4 is 0 Å². The Morgan fingerprint density at radius 2 is 1.69 bits per heavy atom. The molecule has 0 unspecified atom stereocenters. The molecule has 4 rings (SSSR count). The Balaban J connectivity index is 1.42. The lowest BCUT2D eigenvalue weighted by atomic mass is 9.93. The van der Waals surface area contributed by atoms with Crippen molar-refractivity contribution in [3.63, 3.8) is 0 Å². The zero-order valence-electron chi connectivity index (χ0n) is 18.4. The first-order valence-electron chi connectivity index (χ1n) is 11.3. The number of piperidine rings is 2. The maximum Gasteiger partial charge on any atom is 0.309 e. The second-order valence-electron chi connectivity index (χ2n) is 8.56. The molecule has 1 atom stereocenters. The molecule has 2 aliphatic rings. The molecule has 0 N–H and O–H groups in total. The van der Waals surface area contributed by atoms with E-state index >= 15 is 0 Å². The Labute approximate surface area is 189 Å². The molecule has 2 fully saturated rings. The van der Waals surface area contributed by atoms with Crippen molar-refractivity contribution in [1.29, 1.82) is 0 Å². The minimum atomic E-state index is -3.68. The fourth-order valence-electron chi connectivity index (χ4n) is 4.69. The molecule has 0 spiro atoms. The smallest absolute Gasteiger partial charge is 0.309 e. The minimum absolute atomic E-state index is 0.00859. The van der Waals surface area contributed by atoms with E-state index in [-0.39, 0.29) is 35.2 Å². The van der Waals surface area contributed by atoms with Gasteiger partial charge in [-0.25, -0.2) is 8.42 Å². The number of ether oxygens (including phenoxy) is 1. The van der Waals surface area contributed by atoms with Crippen LogP contribution in [0.5, 0.6) is 0 Å². The zero-order valence-corrected chi connectivity index (χ0v) is 19.2. The third-order valence-electron chi connectivity index (χ3n) is 6.52. The molecule has 0 bridgehead atoms. The molecule has 2 aromatic carbocycles. The Kier molecular flexibility index (Phi) is 6.81. The van der Waals surface area contributed by atoms with Crippen LogP contribution in [0.15, 0.2) is 47.4 Å². The van der Waals surface area contributed by atoms with E-state index < -0.39 is 10.0 Å². The first-order chi connectivity index (χ1) is 15.4. The van der Waals surface area contributed by atoms with Gasteiger partial charge in [-0.15, -0.1) is 0 Å². The van der Waals surface area contributed by atoms with Crippen LogP contribution in [0.25, 0.3) is 10.8 Å². The molecule has 7 nitrogen and oxygen atoms in total. The number of hydrogen-bond acceptors (Lipinski definition) is 5. The van der Waals surface area contributed by atoms with E-state index in [4.69, 9.17) is 4.74 Å². The van der Waals surface area contributed by atoms with Crippen molar-refractivity contribution < 1.29 is 22.7 Å². The summed E-state index contributed by atoms with van der Waals surface area (Å²) in [7, 11) is -3.68. The van der Waals surface area contributed by atoms with Gasteiger partial charge in [0.2, 0.25) is 15.9 Å². The monoisotopic (exact) mass is 458 g/mol. The van der Waals surface area contributed by atoms with Crippen molar-refractivity contribution in [1.82, 2.24) is 9.21 Å². The third-order valence-corrected chi connectivity index (χ3v) is 8.38. The van der Waals surface area contributed by atoms with Crippen LogP contribution in [0.1, 0.15) is 32.6 Å². The molecular weight excluding hydrogens is 428 g/mol. The fourth-order valence-corrected chi connectivity index (χ4v) is 6.25. The minimum Gasteiger partial charge on any atom is -0.466 e. The topological polar surface area (TPSA) is 84.0 Å². The van der Waals surface area contributed by atoms with Crippen molar-refractivity contribution in [3.8, 4) is 0 Å². The summed E-state index contributed by atoms with van der Waals surface area (Å²) in [6.45, 7) is 3.79. The summed E-state index contributed by atoms with van der Waals surface area (Å²) in [6, 6.07) is 12.8. The van der Waals surface area contributed by atoms with Gasteiger partial charge in [-0.05, 0) is 55.5 Å². The van der Waals surface area contributed by atoms with Crippen molar-refractivity contribution in [3.05, 3.63) is 42.5 Å². The molecule has 0 saturated carbocycles. The van der Waals surface area contributed by atoms with Crippen LogP contribution in [-0.4, -0.2) is 62.3 Å². The molecule has 2 saturated heterocycles. The normalized spacial score (nSPS) is 20.9. The van der Waals surface area contributed by atoms with E-state index in [1.165, 1.54) is 4.31 Å². The summed E-state index contributed by atoms with van der Waals surface area (Å²) < 4.78 is 33.2. The molecule has 2 aliphatic heterocycles. The number of carbonyl (C=O) groups is 2. The van der Waals surface area contributed by atoms with E-state index in [0.717, 1.165) is 10.8 Å². The van der Waals surface area contributed by atoms with Crippen LogP contribution >= 0.6 is 0 Å². The molecule has 172 valence electrons. The molecule has 8 heteroatoms. The number of carbonyl (C=O) groups excluding carboxylic acids is 2. The van der Waals surface area contributed by atoms with Crippen molar-refractivity contribution in [2.24, 2.45) is 11.8 Å². The van der Waals surface area contributed by atoms with Gasteiger partial charge in [0.25, 0.3) is 0 Å². The van der Waals surface area contributed by atoms with Crippen molar-refractivity contribution in [2.75, 3.05) is 32.8 Å². The average molecular weight is 459 g/mol. The summed E-state index contributed by atoms with van der Waals surface area (Å²) in [6.07, 6.45) is 2.52. The number of benzene rings is 2. The summed E-state index contributed by atoms with van der Waals surface area (Å²) in [5, 5.41) is 1.87. The van der Waals surface area contributed by atoms with Crippen LogP contribution in [0.3, 0.4) is 0 Å². The molecular formula is C24H30N2O5S.